The van der Waals surface area contributed by atoms with E-state index < -0.39 is 27.6 Å². The van der Waals surface area contributed by atoms with Gasteiger partial charge in [-0.1, -0.05) is 64.4 Å². The second kappa shape index (κ2) is 10.2. The highest BCUT2D eigenvalue weighted by Gasteiger charge is 2.36. The first kappa shape index (κ1) is 26.8. The average molecular weight is 476 g/mol. The fraction of sp³-hybridized carbons (Fsp3) is 0.520. The molecule has 1 amide bonds. The zero-order valence-corrected chi connectivity index (χ0v) is 21.8. The lowest BCUT2D eigenvalue weighted by Crippen LogP contribution is -2.30. The Morgan fingerprint density at radius 2 is 1.73 bits per heavy atom. The van der Waals surface area contributed by atoms with Gasteiger partial charge in [0.25, 0.3) is 0 Å². The number of nitrogens with two attached hydrogens (primary N) is 1. The maximum atomic E-state index is 12.0. The van der Waals surface area contributed by atoms with Gasteiger partial charge >= 0.3 is 6.09 Å². The summed E-state index contributed by atoms with van der Waals surface area (Å²) in [5.74, 6) is 0.302. The molecule has 0 saturated carbocycles. The quantitative estimate of drug-likeness (QED) is 0.570. The van der Waals surface area contributed by atoms with Crippen LogP contribution in [0.1, 0.15) is 68.8 Å². The molecule has 0 saturated heterocycles. The van der Waals surface area contributed by atoms with Gasteiger partial charge in [0, 0.05) is 28.9 Å². The fourth-order valence-corrected chi connectivity index (χ4v) is 4.30. The SMILES string of the molecule is Cc1ccc(-c2c(CNS(C)(=O)=O)c(C)nc(CC(C)C)c2C(OC(N)=O)C(C)(C)C)cc1. The number of carbonyl (C=O) groups is 1. The minimum atomic E-state index is -3.44. The Bertz CT molecular complexity index is 1100. The molecule has 0 radical (unpaired) electrons. The third-order valence-electron chi connectivity index (χ3n) is 5.36. The van der Waals surface area contributed by atoms with E-state index in [0.29, 0.717) is 12.3 Å². The molecule has 1 unspecified atom stereocenters. The molecule has 1 heterocycles. The van der Waals surface area contributed by atoms with Crippen molar-refractivity contribution in [3.05, 3.63) is 52.3 Å². The number of aryl methyl sites for hydroxylation is 2. The Labute approximate surface area is 198 Å². The topological polar surface area (TPSA) is 111 Å². The minimum Gasteiger partial charge on any atom is -0.441 e. The van der Waals surface area contributed by atoms with E-state index in [-0.39, 0.29) is 6.54 Å². The molecule has 2 aromatic rings. The van der Waals surface area contributed by atoms with Crippen molar-refractivity contribution in [3.8, 4) is 11.1 Å². The number of pyridine rings is 1. The number of hydrogen-bond donors (Lipinski definition) is 2. The standard InChI is InChI=1S/C25H37N3O4S/c1-15(2)13-20-22(23(25(5,6)7)32-24(26)29)21(18-11-9-16(3)10-12-18)19(17(4)28-20)14-27-33(8,30)31/h9-12,15,23,27H,13-14H2,1-8H3,(H2,26,29). The van der Waals surface area contributed by atoms with Crippen molar-refractivity contribution >= 4 is 16.1 Å². The van der Waals surface area contributed by atoms with E-state index in [0.717, 1.165) is 45.5 Å². The van der Waals surface area contributed by atoms with Crippen molar-refractivity contribution < 1.29 is 17.9 Å². The molecule has 0 bridgehead atoms. The number of carbonyl (C=O) groups excluding carboxylic acids is 1. The summed E-state index contributed by atoms with van der Waals surface area (Å²) in [4.78, 5) is 16.8. The van der Waals surface area contributed by atoms with Crippen molar-refractivity contribution in [1.29, 1.82) is 0 Å². The Morgan fingerprint density at radius 1 is 1.15 bits per heavy atom. The van der Waals surface area contributed by atoms with Crippen LogP contribution in [0, 0.1) is 25.2 Å². The first-order valence-electron chi connectivity index (χ1n) is 11.1. The number of nitrogens with one attached hydrogen (secondary N) is 1. The predicted octanol–water partition coefficient (Wildman–Crippen LogP) is 4.80. The van der Waals surface area contributed by atoms with Gasteiger partial charge in [0.2, 0.25) is 10.0 Å². The average Bonchev–Trinajstić information content (AvgIpc) is 2.64. The minimum absolute atomic E-state index is 0.0727. The summed E-state index contributed by atoms with van der Waals surface area (Å²) in [6, 6.07) is 8.01. The summed E-state index contributed by atoms with van der Waals surface area (Å²) in [5.41, 5.74) is 10.9. The Hall–Kier alpha value is -2.45. The summed E-state index contributed by atoms with van der Waals surface area (Å²) < 4.78 is 32.2. The number of hydrogen-bond acceptors (Lipinski definition) is 5. The van der Waals surface area contributed by atoms with Crippen LogP contribution in [0.25, 0.3) is 11.1 Å². The highest BCUT2D eigenvalue weighted by atomic mass is 32.2. The van der Waals surface area contributed by atoms with Crippen molar-refractivity contribution in [1.82, 2.24) is 9.71 Å². The molecule has 8 heteroatoms. The first-order valence-corrected chi connectivity index (χ1v) is 13.0. The summed E-state index contributed by atoms with van der Waals surface area (Å²) in [7, 11) is -3.44. The van der Waals surface area contributed by atoms with E-state index in [1.165, 1.54) is 0 Å². The van der Waals surface area contributed by atoms with E-state index in [2.05, 4.69) is 18.6 Å². The molecule has 2 rings (SSSR count). The van der Waals surface area contributed by atoms with Crippen LogP contribution in [0.15, 0.2) is 24.3 Å². The highest BCUT2D eigenvalue weighted by Crippen LogP contribution is 2.44. The molecular formula is C25H37N3O4S. The number of benzene rings is 1. The lowest BCUT2D eigenvalue weighted by Gasteiger charge is -2.34. The van der Waals surface area contributed by atoms with E-state index in [9.17, 15) is 13.2 Å². The number of primary amides is 1. The zero-order chi connectivity index (χ0) is 25.1. The van der Waals surface area contributed by atoms with Crippen LogP contribution in [-0.2, 0) is 27.7 Å². The zero-order valence-electron chi connectivity index (χ0n) is 20.9. The summed E-state index contributed by atoms with van der Waals surface area (Å²) in [6.07, 6.45) is 0.259. The third-order valence-corrected chi connectivity index (χ3v) is 6.03. The Kier molecular flexibility index (Phi) is 8.30. The second-order valence-corrected chi connectivity index (χ2v) is 12.0. The molecular weight excluding hydrogens is 438 g/mol. The first-order chi connectivity index (χ1) is 15.1. The van der Waals surface area contributed by atoms with Crippen molar-refractivity contribution in [2.75, 3.05) is 6.26 Å². The summed E-state index contributed by atoms with van der Waals surface area (Å²) in [5, 5.41) is 0. The molecule has 7 nitrogen and oxygen atoms in total. The number of amides is 1. The maximum Gasteiger partial charge on any atom is 0.405 e. The molecule has 1 aromatic heterocycles. The smallest absolute Gasteiger partial charge is 0.405 e. The molecule has 33 heavy (non-hydrogen) atoms. The van der Waals surface area contributed by atoms with E-state index in [4.69, 9.17) is 15.5 Å². The fourth-order valence-electron chi connectivity index (χ4n) is 3.90. The van der Waals surface area contributed by atoms with Crippen molar-refractivity contribution in [3.63, 3.8) is 0 Å². The number of aromatic nitrogens is 1. The van der Waals surface area contributed by atoms with Crippen LogP contribution < -0.4 is 10.5 Å². The monoisotopic (exact) mass is 475 g/mol. The predicted molar refractivity (Wildman–Crippen MR) is 132 cm³/mol. The van der Waals surface area contributed by atoms with Gasteiger partial charge < -0.3 is 10.5 Å². The van der Waals surface area contributed by atoms with Gasteiger partial charge in [-0.05, 0) is 42.9 Å². The summed E-state index contributed by atoms with van der Waals surface area (Å²) in [6.45, 7) is 14.1. The van der Waals surface area contributed by atoms with Gasteiger partial charge in [-0.25, -0.2) is 17.9 Å². The molecule has 1 atom stereocenters. The molecule has 0 fully saturated rings. The largest absolute Gasteiger partial charge is 0.441 e. The van der Waals surface area contributed by atoms with Crippen LogP contribution in [0.2, 0.25) is 0 Å². The van der Waals surface area contributed by atoms with Crippen LogP contribution in [0.5, 0.6) is 0 Å². The van der Waals surface area contributed by atoms with Crippen LogP contribution >= 0.6 is 0 Å². The normalized spacial score (nSPS) is 13.2. The molecule has 0 spiro atoms. The number of sulfonamides is 1. The van der Waals surface area contributed by atoms with Gasteiger partial charge in [-0.15, -0.1) is 0 Å². The molecule has 1 aromatic carbocycles. The Balaban J connectivity index is 2.99. The second-order valence-electron chi connectivity index (χ2n) is 10.2. The van der Waals surface area contributed by atoms with Gasteiger partial charge in [0.15, 0.2) is 0 Å². The highest BCUT2D eigenvalue weighted by molar-refractivity contribution is 7.88. The molecule has 3 N–H and O–H groups in total. The number of nitrogens with zero attached hydrogens (tertiary/aromatic N) is 1. The molecule has 0 aliphatic rings. The lowest BCUT2D eigenvalue weighted by molar-refractivity contribution is 0.0354. The van der Waals surface area contributed by atoms with Crippen LogP contribution in [0.3, 0.4) is 0 Å². The lowest BCUT2D eigenvalue weighted by atomic mass is 9.78. The van der Waals surface area contributed by atoms with Crippen LogP contribution in [0.4, 0.5) is 4.79 Å². The summed E-state index contributed by atoms with van der Waals surface area (Å²) >= 11 is 0. The van der Waals surface area contributed by atoms with Crippen LogP contribution in [-0.4, -0.2) is 25.8 Å². The number of rotatable bonds is 8. The number of ether oxygens (including phenoxy) is 1. The van der Waals surface area contributed by atoms with E-state index >= 15 is 0 Å². The molecule has 182 valence electrons. The molecule has 0 aliphatic carbocycles. The van der Waals surface area contributed by atoms with Crippen molar-refractivity contribution in [2.45, 2.75) is 67.5 Å². The molecule has 0 aliphatic heterocycles. The van der Waals surface area contributed by atoms with E-state index in [1.807, 2.05) is 58.9 Å². The maximum absolute atomic E-state index is 12.0. The third kappa shape index (κ3) is 7.27. The van der Waals surface area contributed by atoms with Gasteiger partial charge in [-0.2, -0.15) is 0 Å². The van der Waals surface area contributed by atoms with Gasteiger partial charge in [0.1, 0.15) is 6.10 Å². The van der Waals surface area contributed by atoms with E-state index in [1.54, 1.807) is 0 Å². The van der Waals surface area contributed by atoms with Gasteiger partial charge in [-0.3, -0.25) is 4.98 Å². The van der Waals surface area contributed by atoms with Gasteiger partial charge in [0.05, 0.1) is 6.26 Å². The van der Waals surface area contributed by atoms with Crippen molar-refractivity contribution in [2.24, 2.45) is 17.1 Å². The Morgan fingerprint density at radius 3 is 2.18 bits per heavy atom.